The summed E-state index contributed by atoms with van der Waals surface area (Å²) in [4.78, 5) is 27.7. The van der Waals surface area contributed by atoms with Crippen LogP contribution >= 0.6 is 11.6 Å². The van der Waals surface area contributed by atoms with Crippen LogP contribution in [-0.4, -0.2) is 50.0 Å². The summed E-state index contributed by atoms with van der Waals surface area (Å²) in [5.74, 6) is -1.71. The molecular weight excluding hydrogens is 481 g/mol. The highest BCUT2D eigenvalue weighted by Gasteiger charge is 2.32. The number of carbonyl (C=O) groups is 2. The van der Waals surface area contributed by atoms with E-state index in [0.717, 1.165) is 47.9 Å². The summed E-state index contributed by atoms with van der Waals surface area (Å²) in [6.45, 7) is 1.02. The predicted molar refractivity (Wildman–Crippen MR) is 130 cm³/mol. The van der Waals surface area contributed by atoms with E-state index in [1.54, 1.807) is 31.2 Å². The van der Waals surface area contributed by atoms with Crippen LogP contribution in [0.25, 0.3) is 0 Å². The number of hydrogen-bond acceptors (Lipinski definition) is 4. The molecule has 7 nitrogen and oxygen atoms in total. The van der Waals surface area contributed by atoms with E-state index in [0.29, 0.717) is 5.02 Å². The molecule has 2 aromatic carbocycles. The number of sulfonamides is 1. The zero-order valence-electron chi connectivity index (χ0n) is 19.2. The molecule has 184 valence electrons. The van der Waals surface area contributed by atoms with Crippen LogP contribution < -0.4 is 9.62 Å². The molecule has 2 aromatic rings. The largest absolute Gasteiger partial charge is 0.352 e. The molecule has 10 heteroatoms. The van der Waals surface area contributed by atoms with E-state index in [4.69, 9.17) is 11.6 Å². The Balaban J connectivity index is 1.88. The minimum atomic E-state index is -3.98. The lowest BCUT2D eigenvalue weighted by Gasteiger charge is -2.32. The Morgan fingerprint density at radius 1 is 1.12 bits per heavy atom. The number of nitrogens with one attached hydrogen (secondary N) is 1. The molecule has 1 saturated carbocycles. The Hall–Kier alpha value is -2.65. The fourth-order valence-corrected chi connectivity index (χ4v) is 4.99. The molecular formula is C24H29ClFN3O4S. The van der Waals surface area contributed by atoms with Gasteiger partial charge in [-0.1, -0.05) is 48.7 Å². The van der Waals surface area contributed by atoms with Crippen molar-refractivity contribution in [1.82, 2.24) is 10.2 Å². The average molecular weight is 510 g/mol. The highest BCUT2D eigenvalue weighted by molar-refractivity contribution is 7.92. The third kappa shape index (κ3) is 6.70. The van der Waals surface area contributed by atoms with Crippen molar-refractivity contribution in [3.8, 4) is 0 Å². The van der Waals surface area contributed by atoms with Crippen LogP contribution in [0.15, 0.2) is 48.5 Å². The van der Waals surface area contributed by atoms with Crippen LogP contribution in [0.3, 0.4) is 0 Å². The van der Waals surface area contributed by atoms with Gasteiger partial charge in [0, 0.05) is 17.6 Å². The Labute approximate surface area is 204 Å². The monoisotopic (exact) mass is 509 g/mol. The molecule has 0 spiro atoms. The number of hydrogen-bond donors (Lipinski definition) is 1. The lowest BCUT2D eigenvalue weighted by Crippen LogP contribution is -2.52. The summed E-state index contributed by atoms with van der Waals surface area (Å²) in [6, 6.07) is 11.3. The van der Waals surface area contributed by atoms with Crippen molar-refractivity contribution in [2.45, 2.75) is 51.2 Å². The van der Waals surface area contributed by atoms with Gasteiger partial charge >= 0.3 is 0 Å². The molecule has 1 aliphatic carbocycles. The smallest absolute Gasteiger partial charge is 0.244 e. The number of para-hydroxylation sites is 1. The third-order valence-electron chi connectivity index (χ3n) is 5.94. The van der Waals surface area contributed by atoms with Gasteiger partial charge in [-0.15, -0.1) is 0 Å². The quantitative estimate of drug-likeness (QED) is 0.558. The number of rotatable bonds is 9. The van der Waals surface area contributed by atoms with E-state index in [1.165, 1.54) is 23.1 Å². The topological polar surface area (TPSA) is 86.8 Å². The first-order valence-corrected chi connectivity index (χ1v) is 13.4. The minimum Gasteiger partial charge on any atom is -0.352 e. The standard InChI is InChI=1S/C24H29ClFN3O4S/c1-17(24(31)27-20-7-3-4-8-20)28(15-18-11-13-19(25)14-12-18)23(30)16-29(34(2,32)33)22-10-6-5-9-21(22)26/h5-6,9-14,17,20H,3-4,7-8,15-16H2,1-2H3,(H,27,31). The summed E-state index contributed by atoms with van der Waals surface area (Å²) >= 11 is 5.97. The highest BCUT2D eigenvalue weighted by atomic mass is 35.5. The molecule has 1 unspecified atom stereocenters. The molecule has 0 radical (unpaired) electrons. The highest BCUT2D eigenvalue weighted by Crippen LogP contribution is 2.23. The van der Waals surface area contributed by atoms with E-state index >= 15 is 0 Å². The van der Waals surface area contributed by atoms with Gasteiger partial charge in [-0.25, -0.2) is 12.8 Å². The van der Waals surface area contributed by atoms with Gasteiger partial charge in [-0.05, 0) is 49.6 Å². The molecule has 3 rings (SSSR count). The van der Waals surface area contributed by atoms with Crippen LogP contribution in [0.1, 0.15) is 38.2 Å². The number of amides is 2. The fourth-order valence-electron chi connectivity index (χ4n) is 4.01. The summed E-state index contributed by atoms with van der Waals surface area (Å²) in [7, 11) is -3.98. The average Bonchev–Trinajstić information content (AvgIpc) is 3.29. The molecule has 2 amide bonds. The second-order valence-corrected chi connectivity index (χ2v) is 10.9. The number of anilines is 1. The lowest BCUT2D eigenvalue weighted by molar-refractivity contribution is -0.139. The number of carbonyl (C=O) groups excluding carboxylic acids is 2. The number of benzene rings is 2. The van der Waals surface area contributed by atoms with E-state index in [2.05, 4.69) is 5.32 Å². The third-order valence-corrected chi connectivity index (χ3v) is 7.31. The van der Waals surface area contributed by atoms with Gasteiger partial charge in [-0.2, -0.15) is 0 Å². The Morgan fingerprint density at radius 2 is 1.74 bits per heavy atom. The molecule has 0 aromatic heterocycles. The first kappa shape index (κ1) is 26.0. The summed E-state index contributed by atoms with van der Waals surface area (Å²) < 4.78 is 40.1. The van der Waals surface area contributed by atoms with E-state index in [1.807, 2.05) is 0 Å². The molecule has 1 fully saturated rings. The van der Waals surface area contributed by atoms with E-state index in [9.17, 15) is 22.4 Å². The van der Waals surface area contributed by atoms with Crippen molar-refractivity contribution < 1.29 is 22.4 Å². The van der Waals surface area contributed by atoms with Crippen LogP contribution in [0.2, 0.25) is 5.02 Å². The summed E-state index contributed by atoms with van der Waals surface area (Å²) in [5.41, 5.74) is 0.489. The van der Waals surface area contributed by atoms with Crippen molar-refractivity contribution in [3.63, 3.8) is 0 Å². The first-order valence-electron chi connectivity index (χ1n) is 11.1. The van der Waals surface area contributed by atoms with Crippen molar-refractivity contribution in [2.24, 2.45) is 0 Å². The molecule has 1 aliphatic rings. The maximum atomic E-state index is 14.4. The second kappa shape index (κ2) is 11.2. The van der Waals surface area contributed by atoms with Gasteiger partial charge in [-0.3, -0.25) is 13.9 Å². The Kier molecular flexibility index (Phi) is 8.54. The molecule has 0 bridgehead atoms. The van der Waals surface area contributed by atoms with Gasteiger partial charge in [0.1, 0.15) is 18.4 Å². The maximum absolute atomic E-state index is 14.4. The number of halogens is 2. The van der Waals surface area contributed by atoms with E-state index < -0.39 is 34.3 Å². The Bertz CT molecular complexity index is 1120. The second-order valence-electron chi connectivity index (χ2n) is 8.54. The van der Waals surface area contributed by atoms with Crippen LogP contribution in [0, 0.1) is 5.82 Å². The van der Waals surface area contributed by atoms with Gasteiger partial charge in [0.15, 0.2) is 0 Å². The van der Waals surface area contributed by atoms with Gasteiger partial charge < -0.3 is 10.2 Å². The van der Waals surface area contributed by atoms with Crippen LogP contribution in [-0.2, 0) is 26.2 Å². The first-order chi connectivity index (χ1) is 16.1. The van der Waals surface area contributed by atoms with Crippen molar-refractivity contribution in [3.05, 3.63) is 64.9 Å². The van der Waals surface area contributed by atoms with Crippen molar-refractivity contribution >= 4 is 39.1 Å². The summed E-state index contributed by atoms with van der Waals surface area (Å²) in [6.07, 6.45) is 4.77. The van der Waals surface area contributed by atoms with Crippen molar-refractivity contribution in [2.75, 3.05) is 17.1 Å². The minimum absolute atomic E-state index is 0.0597. The zero-order chi connectivity index (χ0) is 24.9. The predicted octanol–water partition coefficient (Wildman–Crippen LogP) is 3.72. The molecule has 34 heavy (non-hydrogen) atoms. The molecule has 0 saturated heterocycles. The van der Waals surface area contributed by atoms with Gasteiger partial charge in [0.2, 0.25) is 21.8 Å². The van der Waals surface area contributed by atoms with Gasteiger partial charge in [0.25, 0.3) is 0 Å². The molecule has 0 aliphatic heterocycles. The normalized spacial score (nSPS) is 15.1. The fraction of sp³-hybridized carbons (Fsp3) is 0.417. The SMILES string of the molecule is CC(C(=O)NC1CCCC1)N(Cc1ccc(Cl)cc1)C(=O)CN(c1ccccc1F)S(C)(=O)=O. The van der Waals surface area contributed by atoms with Gasteiger partial charge in [0.05, 0.1) is 11.9 Å². The maximum Gasteiger partial charge on any atom is 0.244 e. The van der Waals surface area contributed by atoms with Crippen molar-refractivity contribution in [1.29, 1.82) is 0 Å². The molecule has 0 heterocycles. The Morgan fingerprint density at radius 3 is 2.32 bits per heavy atom. The summed E-state index contributed by atoms with van der Waals surface area (Å²) in [5, 5.41) is 3.51. The van der Waals surface area contributed by atoms with E-state index in [-0.39, 0.29) is 24.2 Å². The lowest BCUT2D eigenvalue weighted by atomic mass is 10.1. The number of nitrogens with zero attached hydrogens (tertiary/aromatic N) is 2. The molecule has 1 atom stereocenters. The van der Waals surface area contributed by atoms with Crippen LogP contribution in [0.4, 0.5) is 10.1 Å². The molecule has 1 N–H and O–H groups in total. The van der Waals surface area contributed by atoms with Crippen LogP contribution in [0.5, 0.6) is 0 Å². The zero-order valence-corrected chi connectivity index (χ0v) is 20.8.